The molecule has 0 saturated carbocycles. The second kappa shape index (κ2) is 7.74. The molecule has 2 heterocycles. The molecular weight excluding hydrogens is 252 g/mol. The Labute approximate surface area is 122 Å². The van der Waals surface area contributed by atoms with Crippen molar-refractivity contribution in [1.29, 1.82) is 0 Å². The maximum atomic E-state index is 5.27. The third-order valence-electron chi connectivity index (χ3n) is 3.81. The summed E-state index contributed by atoms with van der Waals surface area (Å²) in [5.74, 6) is 2.64. The fraction of sp³-hybridized carbons (Fsp3) is 0.867. The first kappa shape index (κ1) is 15.4. The normalized spacial score (nSPS) is 20.7. The zero-order valence-electron chi connectivity index (χ0n) is 13.1. The first-order chi connectivity index (χ1) is 9.69. The Morgan fingerprint density at radius 3 is 3.00 bits per heavy atom. The highest BCUT2D eigenvalue weighted by molar-refractivity contribution is 4.91. The summed E-state index contributed by atoms with van der Waals surface area (Å²) in [6, 6.07) is 0. The Hall–Kier alpha value is -0.940. The second-order valence-corrected chi connectivity index (χ2v) is 6.15. The van der Waals surface area contributed by atoms with E-state index < -0.39 is 0 Å². The van der Waals surface area contributed by atoms with Crippen LogP contribution in [0, 0.1) is 5.92 Å². The summed E-state index contributed by atoms with van der Waals surface area (Å²) in [6.45, 7) is 11.7. The molecule has 5 nitrogen and oxygen atoms in total. The van der Waals surface area contributed by atoms with E-state index in [1.807, 2.05) is 0 Å². The Morgan fingerprint density at radius 2 is 2.30 bits per heavy atom. The van der Waals surface area contributed by atoms with Gasteiger partial charge in [0.1, 0.15) is 0 Å². The molecule has 0 aromatic carbocycles. The number of rotatable bonds is 7. The van der Waals surface area contributed by atoms with Crippen molar-refractivity contribution in [3.8, 4) is 0 Å². The molecule has 1 saturated heterocycles. The Kier molecular flexibility index (Phi) is 5.98. The van der Waals surface area contributed by atoms with Crippen LogP contribution in [-0.4, -0.2) is 41.2 Å². The van der Waals surface area contributed by atoms with Crippen LogP contribution < -0.4 is 5.32 Å². The minimum atomic E-state index is 0.309. The third kappa shape index (κ3) is 4.56. The summed E-state index contributed by atoms with van der Waals surface area (Å²) in [7, 11) is 0. The van der Waals surface area contributed by atoms with Crippen molar-refractivity contribution < 1.29 is 4.52 Å². The number of hydrogen-bond donors (Lipinski definition) is 1. The van der Waals surface area contributed by atoms with Gasteiger partial charge in [0.25, 0.3) is 0 Å². The van der Waals surface area contributed by atoms with E-state index in [2.05, 4.69) is 41.1 Å². The van der Waals surface area contributed by atoms with Crippen LogP contribution in [0.3, 0.4) is 0 Å². The van der Waals surface area contributed by atoms with Crippen LogP contribution in [0.1, 0.15) is 57.7 Å². The van der Waals surface area contributed by atoms with Gasteiger partial charge in [-0.1, -0.05) is 25.9 Å². The van der Waals surface area contributed by atoms with E-state index in [1.54, 1.807) is 0 Å². The molecule has 1 aromatic rings. The molecule has 1 atom stereocenters. The average molecular weight is 280 g/mol. The van der Waals surface area contributed by atoms with Gasteiger partial charge in [-0.15, -0.1) is 0 Å². The van der Waals surface area contributed by atoms with E-state index >= 15 is 0 Å². The van der Waals surface area contributed by atoms with Crippen molar-refractivity contribution in [3.05, 3.63) is 11.7 Å². The summed E-state index contributed by atoms with van der Waals surface area (Å²) >= 11 is 0. The van der Waals surface area contributed by atoms with Crippen molar-refractivity contribution in [2.45, 2.75) is 52.5 Å². The molecule has 20 heavy (non-hydrogen) atoms. The number of nitrogens with zero attached hydrogens (tertiary/aromatic N) is 3. The molecule has 5 heteroatoms. The van der Waals surface area contributed by atoms with Gasteiger partial charge < -0.3 is 9.84 Å². The van der Waals surface area contributed by atoms with Gasteiger partial charge in [-0.3, -0.25) is 4.90 Å². The molecule has 1 unspecified atom stereocenters. The number of piperidine rings is 1. The third-order valence-corrected chi connectivity index (χ3v) is 3.81. The predicted molar refractivity (Wildman–Crippen MR) is 79.5 cm³/mol. The summed E-state index contributed by atoms with van der Waals surface area (Å²) < 4.78 is 5.27. The fourth-order valence-corrected chi connectivity index (χ4v) is 2.71. The van der Waals surface area contributed by atoms with Crippen molar-refractivity contribution in [1.82, 2.24) is 20.4 Å². The van der Waals surface area contributed by atoms with Crippen LogP contribution >= 0.6 is 0 Å². The monoisotopic (exact) mass is 280 g/mol. The molecular formula is C15H28N4O. The van der Waals surface area contributed by atoms with Crippen molar-refractivity contribution in [2.75, 3.05) is 26.2 Å². The molecule has 0 aliphatic carbocycles. The molecule has 0 spiro atoms. The summed E-state index contributed by atoms with van der Waals surface area (Å²) in [5, 5.41) is 7.62. The molecule has 1 fully saturated rings. The van der Waals surface area contributed by atoms with Crippen LogP contribution in [-0.2, 0) is 6.54 Å². The van der Waals surface area contributed by atoms with Gasteiger partial charge in [-0.2, -0.15) is 4.98 Å². The highest BCUT2D eigenvalue weighted by atomic mass is 16.5. The highest BCUT2D eigenvalue weighted by Gasteiger charge is 2.21. The first-order valence-corrected chi connectivity index (χ1v) is 7.94. The van der Waals surface area contributed by atoms with Gasteiger partial charge in [0.2, 0.25) is 5.89 Å². The van der Waals surface area contributed by atoms with Crippen LogP contribution in [0.15, 0.2) is 4.52 Å². The van der Waals surface area contributed by atoms with Gasteiger partial charge in [0, 0.05) is 12.5 Å². The Balaban J connectivity index is 1.79. The molecule has 1 aliphatic rings. The lowest BCUT2D eigenvalue weighted by Crippen LogP contribution is -2.39. The van der Waals surface area contributed by atoms with Gasteiger partial charge in [-0.05, 0) is 44.8 Å². The molecule has 2 rings (SSSR count). The second-order valence-electron chi connectivity index (χ2n) is 6.15. The van der Waals surface area contributed by atoms with Crippen LogP contribution in [0.2, 0.25) is 0 Å². The molecule has 0 radical (unpaired) electrons. The maximum Gasteiger partial charge on any atom is 0.229 e. The van der Waals surface area contributed by atoms with Crippen molar-refractivity contribution in [3.63, 3.8) is 0 Å². The van der Waals surface area contributed by atoms with Crippen molar-refractivity contribution >= 4 is 0 Å². The highest BCUT2D eigenvalue weighted by Crippen LogP contribution is 2.18. The van der Waals surface area contributed by atoms with E-state index in [4.69, 9.17) is 4.52 Å². The van der Waals surface area contributed by atoms with E-state index in [9.17, 15) is 0 Å². The smallest absolute Gasteiger partial charge is 0.229 e. The summed E-state index contributed by atoms with van der Waals surface area (Å²) in [6.07, 6.45) is 3.81. The average Bonchev–Trinajstić information content (AvgIpc) is 2.88. The predicted octanol–water partition coefficient (Wildman–Crippen LogP) is 2.40. The quantitative estimate of drug-likeness (QED) is 0.777. The maximum absolute atomic E-state index is 5.27. The fourth-order valence-electron chi connectivity index (χ4n) is 2.71. The standard InChI is InChI=1S/C15H28N4O/c1-4-7-16-9-13-6-5-8-19(10-13)11-14-17-15(12(2)3)20-18-14/h12-13,16H,4-11H2,1-3H3. The number of aromatic nitrogens is 2. The molecule has 1 aromatic heterocycles. The number of likely N-dealkylation sites (tertiary alicyclic amines) is 1. The molecule has 0 bridgehead atoms. The van der Waals surface area contributed by atoms with E-state index in [1.165, 1.54) is 19.3 Å². The van der Waals surface area contributed by atoms with Crippen molar-refractivity contribution in [2.24, 2.45) is 5.92 Å². The van der Waals surface area contributed by atoms with Crippen LogP contribution in [0.25, 0.3) is 0 Å². The van der Waals surface area contributed by atoms with Crippen LogP contribution in [0.4, 0.5) is 0 Å². The van der Waals surface area contributed by atoms with E-state index in [-0.39, 0.29) is 0 Å². The lowest BCUT2D eigenvalue weighted by molar-refractivity contribution is 0.160. The Bertz CT molecular complexity index is 391. The van der Waals surface area contributed by atoms with Gasteiger partial charge in [0.05, 0.1) is 6.54 Å². The number of hydrogen-bond acceptors (Lipinski definition) is 5. The zero-order chi connectivity index (χ0) is 14.4. The molecule has 114 valence electrons. The summed E-state index contributed by atoms with van der Waals surface area (Å²) in [5.41, 5.74) is 0. The lowest BCUT2D eigenvalue weighted by atomic mass is 9.98. The van der Waals surface area contributed by atoms with Gasteiger partial charge >= 0.3 is 0 Å². The van der Waals surface area contributed by atoms with Crippen LogP contribution in [0.5, 0.6) is 0 Å². The van der Waals surface area contributed by atoms with E-state index in [0.717, 1.165) is 50.4 Å². The molecule has 0 amide bonds. The largest absolute Gasteiger partial charge is 0.339 e. The van der Waals surface area contributed by atoms with Gasteiger partial charge in [-0.25, -0.2) is 0 Å². The topological polar surface area (TPSA) is 54.2 Å². The van der Waals surface area contributed by atoms with E-state index in [0.29, 0.717) is 5.92 Å². The number of nitrogens with one attached hydrogen (secondary N) is 1. The lowest BCUT2D eigenvalue weighted by Gasteiger charge is -2.32. The molecule has 1 aliphatic heterocycles. The SMILES string of the molecule is CCCNCC1CCCN(Cc2noc(C(C)C)n2)C1. The molecule has 1 N–H and O–H groups in total. The minimum absolute atomic E-state index is 0.309. The zero-order valence-corrected chi connectivity index (χ0v) is 13.1. The minimum Gasteiger partial charge on any atom is -0.339 e. The van der Waals surface area contributed by atoms with Gasteiger partial charge in [0.15, 0.2) is 5.82 Å². The summed E-state index contributed by atoms with van der Waals surface area (Å²) in [4.78, 5) is 6.92. The Morgan fingerprint density at radius 1 is 1.45 bits per heavy atom. The first-order valence-electron chi connectivity index (χ1n) is 7.94.